The Balaban J connectivity index is 1.32. The molecule has 1 aliphatic carbocycles. The number of rotatable bonds is 6. The van der Waals surface area contributed by atoms with Gasteiger partial charge in [-0.3, -0.25) is 0 Å². The van der Waals surface area contributed by atoms with Gasteiger partial charge in [-0.15, -0.1) is 0 Å². The Morgan fingerprint density at radius 3 is 2.22 bits per heavy atom. The third-order valence-electron chi connectivity index (χ3n) is 8.33. The number of anilines is 3. The van der Waals surface area contributed by atoms with Crippen LogP contribution in [0.25, 0.3) is 0 Å². The Labute approximate surface area is 222 Å². The molecule has 2 atom stereocenters. The largest absolute Gasteiger partial charge is 0.361 e. The average Bonchev–Trinajstić information content (AvgIpc) is 3.43. The number of thiocarbonyl (C=S) groups is 1. The van der Waals surface area contributed by atoms with Crippen LogP contribution in [0, 0.1) is 11.8 Å². The zero-order valence-corrected chi connectivity index (χ0v) is 22.8. The molecule has 36 heavy (non-hydrogen) atoms. The van der Waals surface area contributed by atoms with Gasteiger partial charge in [0.2, 0.25) is 5.95 Å². The Bertz CT molecular complexity index is 1010. The molecular weight excluding hydrogens is 464 g/mol. The van der Waals surface area contributed by atoms with Gasteiger partial charge in [-0.05, 0) is 61.7 Å². The van der Waals surface area contributed by atoms with E-state index in [0.29, 0.717) is 22.9 Å². The standard InChI is InChI=1S/C29H42N6S/c1-22-17-23(2)20-35(19-22)26-18-25(34-15-9-10-16-34)31-27(32-26)33-28(36)30-21-29(13-7-4-8-14-29)24-11-5-3-6-12-24/h3,5-6,11-12,18,22-23H,4,7-10,13-17,19-21H2,1-2H3,(H2,30,31,32,33,36). The fourth-order valence-corrected chi connectivity index (χ4v) is 6.74. The molecule has 2 N–H and O–H groups in total. The van der Waals surface area contributed by atoms with Crippen molar-refractivity contribution in [2.45, 2.75) is 70.6 Å². The molecule has 2 aromatic rings. The molecule has 1 aromatic carbocycles. The zero-order chi connectivity index (χ0) is 25.0. The summed E-state index contributed by atoms with van der Waals surface area (Å²) < 4.78 is 0. The smallest absolute Gasteiger partial charge is 0.232 e. The third-order valence-corrected chi connectivity index (χ3v) is 8.58. The van der Waals surface area contributed by atoms with E-state index in [4.69, 9.17) is 22.2 Å². The van der Waals surface area contributed by atoms with Crippen molar-refractivity contribution in [1.29, 1.82) is 0 Å². The summed E-state index contributed by atoms with van der Waals surface area (Å²) in [5.74, 6) is 3.98. The first-order valence-corrected chi connectivity index (χ1v) is 14.4. The van der Waals surface area contributed by atoms with Gasteiger partial charge in [0.15, 0.2) is 5.11 Å². The highest BCUT2D eigenvalue weighted by Crippen LogP contribution is 2.39. The fourth-order valence-electron chi connectivity index (χ4n) is 6.58. The van der Waals surface area contributed by atoms with E-state index in [0.717, 1.165) is 44.4 Å². The van der Waals surface area contributed by atoms with Gasteiger partial charge in [0.1, 0.15) is 11.6 Å². The van der Waals surface area contributed by atoms with Crippen molar-refractivity contribution in [2.24, 2.45) is 11.8 Å². The molecule has 0 bridgehead atoms. The summed E-state index contributed by atoms with van der Waals surface area (Å²) in [5, 5.41) is 7.53. The number of aromatic nitrogens is 2. The maximum atomic E-state index is 5.79. The van der Waals surface area contributed by atoms with Gasteiger partial charge in [-0.1, -0.05) is 63.4 Å². The molecule has 1 aromatic heterocycles. The van der Waals surface area contributed by atoms with Crippen molar-refractivity contribution in [3.63, 3.8) is 0 Å². The van der Waals surface area contributed by atoms with Crippen LogP contribution < -0.4 is 20.4 Å². The molecule has 2 saturated heterocycles. The fraction of sp³-hybridized carbons (Fsp3) is 0.621. The minimum atomic E-state index is 0.134. The van der Waals surface area contributed by atoms with Crippen LogP contribution in [0.5, 0.6) is 0 Å². The predicted molar refractivity (Wildman–Crippen MR) is 154 cm³/mol. The minimum Gasteiger partial charge on any atom is -0.361 e. The average molecular weight is 507 g/mol. The molecule has 5 rings (SSSR count). The number of nitrogens with zero attached hydrogens (tertiary/aromatic N) is 4. The topological polar surface area (TPSA) is 56.3 Å². The molecule has 2 unspecified atom stereocenters. The molecule has 3 heterocycles. The van der Waals surface area contributed by atoms with Crippen LogP contribution in [0.1, 0.15) is 70.8 Å². The van der Waals surface area contributed by atoms with Crippen molar-refractivity contribution in [2.75, 3.05) is 47.8 Å². The van der Waals surface area contributed by atoms with Gasteiger partial charge in [0, 0.05) is 44.2 Å². The lowest BCUT2D eigenvalue weighted by molar-refractivity contribution is 0.292. The second-order valence-electron chi connectivity index (χ2n) is 11.5. The van der Waals surface area contributed by atoms with Gasteiger partial charge in [-0.25, -0.2) is 0 Å². The predicted octanol–water partition coefficient (Wildman–Crippen LogP) is 5.75. The van der Waals surface area contributed by atoms with Gasteiger partial charge < -0.3 is 20.4 Å². The van der Waals surface area contributed by atoms with Crippen molar-refractivity contribution < 1.29 is 0 Å². The van der Waals surface area contributed by atoms with Crippen molar-refractivity contribution in [3.8, 4) is 0 Å². The summed E-state index contributed by atoms with van der Waals surface area (Å²) in [4.78, 5) is 14.7. The van der Waals surface area contributed by atoms with Gasteiger partial charge in [0.25, 0.3) is 0 Å². The van der Waals surface area contributed by atoms with Crippen molar-refractivity contribution in [3.05, 3.63) is 42.0 Å². The highest BCUT2D eigenvalue weighted by molar-refractivity contribution is 7.80. The van der Waals surface area contributed by atoms with E-state index in [1.54, 1.807) is 0 Å². The number of hydrogen-bond donors (Lipinski definition) is 2. The van der Waals surface area contributed by atoms with E-state index in [-0.39, 0.29) is 5.41 Å². The molecular formula is C29H42N6S. The minimum absolute atomic E-state index is 0.134. The molecule has 1 saturated carbocycles. The van der Waals surface area contributed by atoms with Crippen molar-refractivity contribution in [1.82, 2.24) is 15.3 Å². The number of hydrogen-bond acceptors (Lipinski definition) is 5. The lowest BCUT2D eigenvalue weighted by Gasteiger charge is -2.38. The van der Waals surface area contributed by atoms with Gasteiger partial charge in [0.05, 0.1) is 0 Å². The Morgan fingerprint density at radius 2 is 1.56 bits per heavy atom. The Hall–Kier alpha value is -2.41. The highest BCUT2D eigenvalue weighted by Gasteiger charge is 2.34. The first kappa shape index (κ1) is 25.2. The van der Waals surface area contributed by atoms with Gasteiger partial charge >= 0.3 is 0 Å². The van der Waals surface area contributed by atoms with Crippen LogP contribution in [-0.4, -0.2) is 47.8 Å². The van der Waals surface area contributed by atoms with Crippen LogP contribution >= 0.6 is 12.2 Å². The summed E-state index contributed by atoms with van der Waals surface area (Å²) in [6.07, 6.45) is 9.99. The maximum absolute atomic E-state index is 5.79. The molecule has 7 heteroatoms. The molecule has 6 nitrogen and oxygen atoms in total. The molecule has 2 aliphatic heterocycles. The normalized spacial score (nSPS) is 23.9. The highest BCUT2D eigenvalue weighted by atomic mass is 32.1. The van der Waals surface area contributed by atoms with E-state index in [2.05, 4.69) is 70.7 Å². The summed E-state index contributed by atoms with van der Waals surface area (Å²) in [6, 6.07) is 13.2. The number of piperidine rings is 1. The number of nitrogens with one attached hydrogen (secondary N) is 2. The molecule has 0 amide bonds. The van der Waals surface area contributed by atoms with E-state index in [9.17, 15) is 0 Å². The molecule has 0 radical (unpaired) electrons. The van der Waals surface area contributed by atoms with Crippen LogP contribution in [0.15, 0.2) is 36.4 Å². The van der Waals surface area contributed by atoms with E-state index in [1.807, 2.05) is 0 Å². The molecule has 0 spiro atoms. The summed E-state index contributed by atoms with van der Waals surface area (Å²) >= 11 is 5.79. The quantitative estimate of drug-likeness (QED) is 0.484. The first-order chi connectivity index (χ1) is 17.5. The first-order valence-electron chi connectivity index (χ1n) is 14.0. The van der Waals surface area contributed by atoms with Gasteiger partial charge in [-0.2, -0.15) is 9.97 Å². The van der Waals surface area contributed by atoms with E-state index < -0.39 is 0 Å². The number of benzene rings is 1. The Morgan fingerprint density at radius 1 is 0.917 bits per heavy atom. The summed E-state index contributed by atoms with van der Waals surface area (Å²) in [7, 11) is 0. The lowest BCUT2D eigenvalue weighted by atomic mass is 9.69. The van der Waals surface area contributed by atoms with E-state index >= 15 is 0 Å². The maximum Gasteiger partial charge on any atom is 0.232 e. The monoisotopic (exact) mass is 506 g/mol. The summed E-state index contributed by atoms with van der Waals surface area (Å²) in [6.45, 7) is 9.73. The second kappa shape index (κ2) is 11.3. The van der Waals surface area contributed by atoms with E-state index in [1.165, 1.54) is 56.9 Å². The van der Waals surface area contributed by atoms with Crippen LogP contribution in [0.2, 0.25) is 0 Å². The lowest BCUT2D eigenvalue weighted by Crippen LogP contribution is -2.43. The van der Waals surface area contributed by atoms with Crippen molar-refractivity contribution >= 4 is 34.9 Å². The summed E-state index contributed by atoms with van der Waals surface area (Å²) in [5.41, 5.74) is 1.55. The third kappa shape index (κ3) is 5.93. The van der Waals surface area contributed by atoms with Crippen LogP contribution in [0.4, 0.5) is 17.6 Å². The second-order valence-corrected chi connectivity index (χ2v) is 11.9. The van der Waals surface area contributed by atoms with Crippen LogP contribution in [0.3, 0.4) is 0 Å². The SMILES string of the molecule is CC1CC(C)CN(c2cc(N3CCCC3)nc(NC(=S)NCC3(c4ccccc4)CCCCC3)n2)C1. The zero-order valence-electron chi connectivity index (χ0n) is 22.0. The Kier molecular flexibility index (Phi) is 7.94. The molecule has 3 aliphatic rings. The molecule has 3 fully saturated rings. The molecule has 194 valence electrons. The van der Waals surface area contributed by atoms with Crippen LogP contribution in [-0.2, 0) is 5.41 Å².